The van der Waals surface area contributed by atoms with E-state index in [-0.39, 0.29) is 75.5 Å². The fourth-order valence-electron chi connectivity index (χ4n) is 9.10. The number of amides is 3. The van der Waals surface area contributed by atoms with Crippen LogP contribution >= 0.6 is 12.0 Å². The molecule has 44 heteroatoms. The zero-order chi connectivity index (χ0) is 154. The highest BCUT2D eigenvalue weighted by Crippen LogP contribution is 2.34. The molecule has 3 amide bonds. The van der Waals surface area contributed by atoms with E-state index in [4.69, 9.17) is 144 Å². The quantitative estimate of drug-likeness (QED) is 0.0125. The van der Waals surface area contributed by atoms with Crippen LogP contribution < -0.4 is 0 Å². The molecule has 2 radical (unpaired) electrons. The van der Waals surface area contributed by atoms with Crippen molar-refractivity contribution in [1.29, 1.82) is 0 Å². The monoisotopic (exact) mass is 2020 g/mol. The molecule has 31 nitrogen and oxygen atoms in total. The van der Waals surface area contributed by atoms with Crippen molar-refractivity contribution in [3.05, 3.63) is 137 Å². The number of halogens is 9. The Labute approximate surface area is 841 Å². The van der Waals surface area contributed by atoms with Crippen molar-refractivity contribution >= 4 is 82.3 Å². The second kappa shape index (κ2) is 63.8. The highest BCUT2D eigenvalue weighted by Gasteiger charge is 2.57. The van der Waals surface area contributed by atoms with Gasteiger partial charge in [0.1, 0.15) is 68.7 Å². The molecule has 4 aromatic rings. The van der Waals surface area contributed by atoms with Crippen molar-refractivity contribution < 1.29 is 251 Å². The summed E-state index contributed by atoms with van der Waals surface area (Å²) in [5.41, 5.74) is -14.0. The minimum atomic E-state index is -6.85. The van der Waals surface area contributed by atoms with Crippen molar-refractivity contribution in [3.63, 3.8) is 0 Å². The van der Waals surface area contributed by atoms with Crippen LogP contribution in [0, 0.1) is 31.6 Å². The number of aliphatic carboxylic acids is 1. The summed E-state index contributed by atoms with van der Waals surface area (Å²) in [6, 6.07) is 32.5. The van der Waals surface area contributed by atoms with E-state index in [0.717, 1.165) is 78.5 Å². The van der Waals surface area contributed by atoms with E-state index in [1.807, 2.05) is 152 Å². The van der Waals surface area contributed by atoms with Gasteiger partial charge in [0, 0.05) is 143 Å². The number of aliphatic hydroxyl groups is 2. The maximum absolute atomic E-state index is 12.4. The Hall–Kier alpha value is -8.18. The Morgan fingerprint density at radius 2 is 0.867 bits per heavy atom. The molecule has 128 heavy (non-hydrogen) atoms. The molecule has 7 atom stereocenters. The van der Waals surface area contributed by atoms with E-state index in [1.54, 1.807) is 77.0 Å². The van der Waals surface area contributed by atoms with Crippen LogP contribution in [0.5, 0.6) is 0 Å². The third-order valence-electron chi connectivity index (χ3n) is 15.4. The zero-order valence-corrected chi connectivity index (χ0v) is 79.5. The van der Waals surface area contributed by atoms with Gasteiger partial charge in [0.15, 0.2) is 12.2 Å². The summed E-state index contributed by atoms with van der Waals surface area (Å²) < 4.78 is 476. The lowest BCUT2D eigenvalue weighted by Crippen LogP contribution is -2.45. The lowest BCUT2D eigenvalue weighted by Gasteiger charge is -2.32. The number of hydrogen-bond donors (Lipinski definition) is 3. The van der Waals surface area contributed by atoms with Gasteiger partial charge in [0.2, 0.25) is 0 Å². The largest absolute Gasteiger partial charge is 0.524 e. The van der Waals surface area contributed by atoms with Crippen LogP contribution in [-0.4, -0.2) is 243 Å². The van der Waals surface area contributed by atoms with Gasteiger partial charge in [0.25, 0.3) is 0 Å². The van der Waals surface area contributed by atoms with Crippen molar-refractivity contribution in [2.75, 3.05) is 54.2 Å². The molecule has 2 fully saturated rings. The summed E-state index contributed by atoms with van der Waals surface area (Å²) in [6.07, 6.45) is 2.22. The fraction of sp³-hybridized carbons (Fsp3) is 0.643. The number of alkyl halides is 9. The van der Waals surface area contributed by atoms with Gasteiger partial charge < -0.3 is 78.7 Å². The number of carbonyl (C=O) groups excluding carboxylic acids is 6. The van der Waals surface area contributed by atoms with Gasteiger partial charge in [0.05, 0.1) is 25.3 Å². The van der Waals surface area contributed by atoms with Gasteiger partial charge in [-0.2, -0.15) is 56.3 Å². The number of benzene rings is 3. The standard InChI is InChI=1S/C22H35NO5.C12H23NO4.C12H25NO3.C11H11F3O3S.C10H12O3.C7H9N.C4H7BO.C4H8O.C2F6O5S2.2H2O.29H2/c1-16(2)13-19(23(7)21(25)28-22(4,5)6)15-26-17(3)20(24)27-14-18-11-9-8-10-12-18;1-8(2)7-9(10(14)15)13(6)11(16)17-12(3,4)5;1-9(2)7-10(8-14)13(6)11(15)16-12(3,4)5;1-8(17-18-11(12,13)14)10(15)16-7-9-5-3-2-4-6-9;1-8(11)10(12)13-7-9-5-3-2-4-6-9;1-6-4-3-5-7(2)8-6;5-4-2-1-3-6-4;1-2-4-5-3-1;3-1(4,5)14(9,10)13-15(11,12)2(6,7)8;;;;;;;;;;;;;;;;;;;;;;;;;;;;;;;/h8-12,16-17,19H,13-15H2,1-7H3;8-9H,7H2,1-6H3,(H,14,15);9-10,14H,7-8H2,1-6H3;2-6,8H,7H2,1H3;2-6,8,11H,7H2,1H3;3-5H,1-2H3;4H,1-3H2;1-4H2;;2*1H2;29*1H/t17-,19+;9-;10-;2*8-;;;;;;;;;;;;;;;;;;;;;;;;;;;;;;;;;;;/m10000.................................../s1/i;;;;;;;;;;;28*1+1D;1+1. The highest BCUT2D eigenvalue weighted by molar-refractivity contribution is 8.00. The average molecular weight is 2030 g/mol. The van der Waals surface area contributed by atoms with Crippen molar-refractivity contribution in [2.24, 2.45) is 17.8 Å². The van der Waals surface area contributed by atoms with Crippen LogP contribution in [0.1, 0.15) is 282 Å². The average Bonchev–Trinajstić information content (AvgIpc) is 1.41. The third kappa shape index (κ3) is 65.4. The van der Waals surface area contributed by atoms with Crippen molar-refractivity contribution in [3.8, 4) is 0 Å². The maximum Gasteiger partial charge on any atom is 0.524 e. The van der Waals surface area contributed by atoms with Crippen molar-refractivity contribution in [1.82, 2.24) is 19.7 Å². The number of hydrogen-bond acceptors (Lipinski definition) is 26. The van der Waals surface area contributed by atoms with E-state index in [0.29, 0.717) is 18.3 Å². The summed E-state index contributed by atoms with van der Waals surface area (Å²) in [6.45, 7) is 40.0. The number of nitrogens with zero attached hydrogens (tertiary/aromatic N) is 4. The number of pyridine rings is 1. The number of carbonyl (C=O) groups is 7. The third-order valence-corrected chi connectivity index (χ3v) is 18.5. The lowest BCUT2D eigenvalue weighted by molar-refractivity contribution is -0.158. The molecule has 6 rings (SSSR count). The lowest BCUT2D eigenvalue weighted by atomic mass is 9.98. The molecular weight excluding hydrogens is 1770 g/mol. The summed E-state index contributed by atoms with van der Waals surface area (Å²) >= 11 is -0.709. The first kappa shape index (κ1) is 82.9. The molecule has 1 unspecified atom stereocenters. The SMILES string of the molecule is C1CCOC1.CC(C)C[C@@H](C(=O)O)N(C)C(=O)OC(C)(C)C.CC(C)C[C@@H](CO)N(C)C(=O)OC(C)(C)C.CC(C)C[C@@H](CO[C@H](C)C(=O)OCc1ccccc1)N(C)C(=O)OC(C)(C)C.C[C@H](O)C(=O)OCc1ccccc1.C[C@H](OSC(F)(F)F)C(=O)OCc1ccccc1.Cc1cccc(C)n1.O.O.O=S(=O)(OS(=O)(=O)C(F)(F)F)C(F)(F)F.[2HH].[2H][2H].[2H][2H].[2H][2H].[2H][2H].[2H][2H].[2H][2H].[2H][2H].[2H][2H].[2H][2H].[2H][2H].[2H][2H].[2H][2H].[2H][2H].[2H][2H].[2H][2H].[2H][2H].[2H][2H].[2H][2H].[2H][2H].[2H][2H].[2H][2H].[2H][2H].[2H][2H].[2H][2H].[2H][2H].[2H][2H].[2H][2H].[2H][2H].[B]C1CCCO1. The highest BCUT2D eigenvalue weighted by atomic mass is 32.3. The van der Waals surface area contributed by atoms with Crippen LogP contribution in [0.4, 0.5) is 53.9 Å². The fourth-order valence-corrected chi connectivity index (χ4v) is 11.0. The minimum absolute atomic E-state index is 0. The Morgan fingerprint density at radius 1 is 0.523 bits per heavy atom. The molecule has 7 N–H and O–H groups in total. The first-order chi connectivity index (χ1) is 85.7. The minimum Gasteiger partial charge on any atom is -0.480 e. The predicted molar refractivity (Wildman–Crippen MR) is 525 cm³/mol. The number of esters is 3. The van der Waals surface area contributed by atoms with Gasteiger partial charge in [-0.3, -0.25) is 14.1 Å². The summed E-state index contributed by atoms with van der Waals surface area (Å²) in [7, 11) is -3.57. The maximum atomic E-state index is 12.4. The number of aryl methyl sites for hydroxylation is 2. The van der Waals surface area contributed by atoms with Crippen LogP contribution in [0.25, 0.3) is 0 Å². The number of rotatable bonds is 27. The molecular formula is C84H192BF9N4O27S3. The number of carboxylic acids is 1. The number of aliphatic hydroxyl groups excluding tert-OH is 2. The van der Waals surface area contributed by atoms with Gasteiger partial charge >= 0.3 is 78.9 Å². The van der Waals surface area contributed by atoms with E-state index >= 15 is 0 Å². The number of likely N-dealkylation sites (N-methyl/N-ethyl adjacent to an activating group) is 3. The molecule has 0 spiro atoms. The van der Waals surface area contributed by atoms with E-state index in [1.165, 1.54) is 38.6 Å². The number of carboxylic acid groups (broad SMARTS) is 1. The number of ether oxygens (including phenoxy) is 9. The molecule has 3 aromatic carbocycles. The molecule has 0 saturated carbocycles. The summed E-state index contributed by atoms with van der Waals surface area (Å²) in [5, 5.41) is 27.2. The van der Waals surface area contributed by atoms with Gasteiger partial charge in [-0.15, -0.1) is 3.63 Å². The Balaban J connectivity index is -0.0000000419. The van der Waals surface area contributed by atoms with Crippen molar-refractivity contribution in [2.45, 2.75) is 279 Å². The summed E-state index contributed by atoms with van der Waals surface area (Å²) in [4.78, 5) is 89.6. The number of aromatic nitrogens is 1. The first-order valence-corrected chi connectivity index (χ1v) is 43.5. The van der Waals surface area contributed by atoms with Gasteiger partial charge in [-0.25, -0.2) is 33.6 Å². The van der Waals surface area contributed by atoms with E-state index in [9.17, 15) is 95.0 Å². The Bertz CT molecular complexity index is 4050. The summed E-state index contributed by atoms with van der Waals surface area (Å²) in [5.74, 6) is -1.87. The Kier molecular flexibility index (Phi) is 41.3. The predicted octanol–water partition coefficient (Wildman–Crippen LogP) is 22.4. The molecule has 3 heterocycles. The first-order valence-electron chi connectivity index (χ1n) is 67.9. The second-order valence-corrected chi connectivity index (χ2v) is 36.5. The van der Waals surface area contributed by atoms with Gasteiger partial charge in [-0.05, 0) is 188 Å². The van der Waals surface area contributed by atoms with Crippen LogP contribution in [0.2, 0.25) is 0 Å². The molecule has 2 aliphatic rings. The van der Waals surface area contributed by atoms with Crippen LogP contribution in [-0.2, 0) is 110 Å². The molecule has 2 aliphatic heterocycles. The smallest absolute Gasteiger partial charge is 0.480 e. The molecule has 2 saturated heterocycles. The van der Waals surface area contributed by atoms with Gasteiger partial charge in [-0.1, -0.05) is 139 Å². The molecule has 1 aromatic heterocycles. The molecule has 0 aliphatic carbocycles. The molecule has 794 valence electrons. The second-order valence-electron chi connectivity index (χ2n) is 32.4. The topological polar surface area (TPSA) is 436 Å². The molecule has 0 bridgehead atoms. The Morgan fingerprint density at radius 3 is 1.13 bits per heavy atom. The van der Waals surface area contributed by atoms with E-state index in [2.05, 4.69) is 36.9 Å². The normalized spacial score (nSPS) is 16.2. The van der Waals surface area contributed by atoms with Crippen LogP contribution in [0.3, 0.4) is 0 Å². The van der Waals surface area contributed by atoms with Crippen LogP contribution in [0.15, 0.2) is 109 Å². The zero-order valence-electron chi connectivity index (χ0n) is 133. The van der Waals surface area contributed by atoms with E-state index < -0.39 is 126 Å².